The Balaban J connectivity index is 1.04. The highest BCUT2D eigenvalue weighted by atomic mass is 15.2. The molecule has 10 aromatic rings. The zero-order chi connectivity index (χ0) is 40.7. The summed E-state index contributed by atoms with van der Waals surface area (Å²) in [7, 11) is 0. The van der Waals surface area contributed by atoms with E-state index in [0.717, 1.165) is 46.0 Å². The molecule has 0 bridgehead atoms. The molecule has 0 saturated heterocycles. The highest BCUT2D eigenvalue weighted by Crippen LogP contribution is 2.67. The molecule has 0 amide bonds. The molecule has 3 nitrogen and oxygen atoms in total. The quantitative estimate of drug-likeness (QED) is 0.178. The highest BCUT2D eigenvalue weighted by molar-refractivity contribution is 6.02. The lowest BCUT2D eigenvalue weighted by atomic mass is 9.52. The number of rotatable bonds is 3. The van der Waals surface area contributed by atoms with Gasteiger partial charge < -0.3 is 4.90 Å². The van der Waals surface area contributed by atoms with Gasteiger partial charge in [0.1, 0.15) is 5.82 Å². The summed E-state index contributed by atoms with van der Waals surface area (Å²) in [5.74, 6) is 1.07. The maximum Gasteiger partial charge on any atom is 0.114 e. The Morgan fingerprint density at radius 2 is 0.871 bits per heavy atom. The number of aryl methyl sites for hydroxylation is 1. The van der Waals surface area contributed by atoms with Gasteiger partial charge in [0, 0.05) is 12.1 Å². The maximum absolute atomic E-state index is 5.20. The number of fused-ring (bicyclic) bond motifs is 18. The van der Waals surface area contributed by atoms with Crippen molar-refractivity contribution in [2.75, 3.05) is 4.90 Å². The van der Waals surface area contributed by atoms with E-state index in [0.29, 0.717) is 0 Å². The van der Waals surface area contributed by atoms with Gasteiger partial charge in [-0.15, -0.1) is 0 Å². The Bertz CT molecular complexity index is 3440. The summed E-state index contributed by atoms with van der Waals surface area (Å²) in [5, 5.41) is 0. The van der Waals surface area contributed by atoms with Crippen LogP contribution in [0.2, 0.25) is 0 Å². The summed E-state index contributed by atoms with van der Waals surface area (Å²) in [6.07, 6.45) is 0.831. The molecule has 0 saturated carbocycles. The number of para-hydroxylation sites is 2. The first-order valence-corrected chi connectivity index (χ1v) is 21.9. The lowest BCUT2D eigenvalue weighted by molar-refractivity contribution is 0.633. The molecule has 0 N–H and O–H groups in total. The van der Waals surface area contributed by atoms with Gasteiger partial charge in [0.2, 0.25) is 0 Å². The van der Waals surface area contributed by atoms with Gasteiger partial charge in [0.05, 0.1) is 38.9 Å². The summed E-state index contributed by atoms with van der Waals surface area (Å²) >= 11 is 0. The number of aromatic nitrogens is 2. The van der Waals surface area contributed by atoms with E-state index >= 15 is 0 Å². The zero-order valence-electron chi connectivity index (χ0n) is 34.2. The first-order chi connectivity index (χ1) is 30.7. The molecule has 1 aliphatic heterocycles. The molecular weight excluding hydrogens is 751 g/mol. The van der Waals surface area contributed by atoms with Crippen LogP contribution in [-0.2, 0) is 17.3 Å². The Morgan fingerprint density at radius 3 is 1.45 bits per heavy atom. The van der Waals surface area contributed by atoms with Crippen LogP contribution in [0.25, 0.3) is 50.1 Å². The summed E-state index contributed by atoms with van der Waals surface area (Å²) in [5.41, 5.74) is 24.2. The monoisotopic (exact) mass is 789 g/mol. The number of anilines is 3. The first kappa shape index (κ1) is 34.0. The van der Waals surface area contributed by atoms with E-state index in [4.69, 9.17) is 4.98 Å². The smallest absolute Gasteiger partial charge is 0.114 e. The zero-order valence-corrected chi connectivity index (χ0v) is 34.2. The minimum Gasteiger partial charge on any atom is -0.306 e. The Kier molecular flexibility index (Phi) is 6.68. The van der Waals surface area contributed by atoms with Gasteiger partial charge in [0.15, 0.2) is 0 Å². The second-order valence-electron chi connectivity index (χ2n) is 17.2. The molecular formula is C59H39N3. The van der Waals surface area contributed by atoms with Gasteiger partial charge >= 0.3 is 0 Å². The van der Waals surface area contributed by atoms with Crippen LogP contribution in [0.3, 0.4) is 0 Å². The van der Waals surface area contributed by atoms with Crippen LogP contribution < -0.4 is 4.90 Å². The van der Waals surface area contributed by atoms with Gasteiger partial charge in [-0.3, -0.25) is 4.57 Å². The number of benzene rings is 9. The van der Waals surface area contributed by atoms with Gasteiger partial charge in [-0.1, -0.05) is 171 Å². The second kappa shape index (κ2) is 12.2. The van der Waals surface area contributed by atoms with Crippen molar-refractivity contribution in [1.29, 1.82) is 0 Å². The third-order valence-electron chi connectivity index (χ3n) is 14.6. The molecule has 62 heavy (non-hydrogen) atoms. The number of hydrogen-bond acceptors (Lipinski definition) is 2. The van der Waals surface area contributed by atoms with Gasteiger partial charge in [-0.05, 0) is 120 Å². The Labute approximate surface area is 360 Å². The largest absolute Gasteiger partial charge is 0.306 e. The first-order valence-electron chi connectivity index (χ1n) is 21.9. The number of hydrogen-bond donors (Lipinski definition) is 0. The van der Waals surface area contributed by atoms with Crippen molar-refractivity contribution in [3.63, 3.8) is 0 Å². The van der Waals surface area contributed by atoms with Crippen LogP contribution in [0.5, 0.6) is 0 Å². The van der Waals surface area contributed by atoms with E-state index < -0.39 is 10.8 Å². The molecule has 0 radical (unpaired) electrons. The van der Waals surface area contributed by atoms with E-state index in [2.05, 4.69) is 223 Å². The van der Waals surface area contributed by atoms with Crippen molar-refractivity contribution < 1.29 is 0 Å². The van der Waals surface area contributed by atoms with Gasteiger partial charge in [-0.2, -0.15) is 0 Å². The SMILES string of the molecule is CCc1nc2cccc3c2n1-c1cc(-c2ccc4c(c2)C2(c5ccccc5-4)c4ccccc4C4(c5ccccc5-c5ccccc54)c4ccccc42)ccc1N3c1ccccc1. The molecule has 0 fully saturated rings. The molecule has 1 aromatic heterocycles. The summed E-state index contributed by atoms with van der Waals surface area (Å²) < 4.78 is 2.41. The Hall–Kier alpha value is -7.75. The molecule has 3 heteroatoms. The molecule has 4 aliphatic rings. The summed E-state index contributed by atoms with van der Waals surface area (Å²) in [4.78, 5) is 7.60. The van der Waals surface area contributed by atoms with Crippen molar-refractivity contribution in [2.24, 2.45) is 0 Å². The van der Waals surface area contributed by atoms with Crippen molar-refractivity contribution in [1.82, 2.24) is 9.55 Å². The van der Waals surface area contributed by atoms with Crippen LogP contribution in [0.15, 0.2) is 206 Å². The predicted octanol–water partition coefficient (Wildman–Crippen LogP) is 14.1. The minimum atomic E-state index is -0.546. The van der Waals surface area contributed by atoms with E-state index in [1.165, 1.54) is 77.9 Å². The fourth-order valence-electron chi connectivity index (χ4n) is 12.3. The number of imidazole rings is 1. The van der Waals surface area contributed by atoms with Crippen molar-refractivity contribution in [3.8, 4) is 39.1 Å². The molecule has 290 valence electrons. The fraction of sp³-hybridized carbons (Fsp3) is 0.0678. The van der Waals surface area contributed by atoms with Crippen LogP contribution in [0, 0.1) is 0 Å². The lowest BCUT2D eigenvalue weighted by Crippen LogP contribution is -2.43. The standard InChI is InChI=1S/C59H39N3/c1-2-56-60-52-29-16-30-54-57(52)62(56)55-36-38(32-34-53(55)61(54)39-17-4-3-5-18-39)37-31-33-43-42-21-8-11-24-46(42)59(51(43)35-37)49-27-14-12-25-47(49)58(48-26-13-15-28-50(48)59)44-22-9-6-19-40(44)41-20-7-10-23-45(41)58/h3-36H,2H2,1H3. The molecule has 2 spiro atoms. The van der Waals surface area contributed by atoms with Crippen molar-refractivity contribution >= 4 is 28.1 Å². The van der Waals surface area contributed by atoms with E-state index in [1.807, 2.05) is 0 Å². The average molecular weight is 790 g/mol. The van der Waals surface area contributed by atoms with Crippen LogP contribution in [0.1, 0.15) is 57.3 Å². The van der Waals surface area contributed by atoms with Gasteiger partial charge in [-0.25, -0.2) is 4.98 Å². The summed E-state index contributed by atoms with van der Waals surface area (Å²) in [6, 6.07) is 77.7. The highest BCUT2D eigenvalue weighted by Gasteiger charge is 2.58. The summed E-state index contributed by atoms with van der Waals surface area (Å²) in [6.45, 7) is 2.21. The maximum atomic E-state index is 5.20. The lowest BCUT2D eigenvalue weighted by Gasteiger charge is -2.48. The van der Waals surface area contributed by atoms with Crippen LogP contribution >= 0.6 is 0 Å². The molecule has 14 rings (SSSR count). The average Bonchev–Trinajstić information content (AvgIpc) is 3.97. The third kappa shape index (κ3) is 4.00. The molecule has 2 heterocycles. The normalized spacial score (nSPS) is 14.8. The Morgan fingerprint density at radius 1 is 0.387 bits per heavy atom. The topological polar surface area (TPSA) is 21.1 Å². The molecule has 0 unspecified atom stereocenters. The molecule has 0 atom stereocenters. The molecule has 9 aromatic carbocycles. The fourth-order valence-corrected chi connectivity index (χ4v) is 12.3. The van der Waals surface area contributed by atoms with Crippen LogP contribution in [-0.4, -0.2) is 9.55 Å². The molecule has 3 aliphatic carbocycles. The third-order valence-corrected chi connectivity index (χ3v) is 14.6. The van der Waals surface area contributed by atoms with Gasteiger partial charge in [0.25, 0.3) is 0 Å². The van der Waals surface area contributed by atoms with E-state index in [9.17, 15) is 0 Å². The van der Waals surface area contributed by atoms with E-state index in [-0.39, 0.29) is 0 Å². The van der Waals surface area contributed by atoms with Crippen LogP contribution in [0.4, 0.5) is 17.1 Å². The second-order valence-corrected chi connectivity index (χ2v) is 17.2. The minimum absolute atomic E-state index is 0.465. The predicted molar refractivity (Wildman–Crippen MR) is 252 cm³/mol. The number of nitrogens with zero attached hydrogens (tertiary/aromatic N) is 3. The van der Waals surface area contributed by atoms with E-state index in [1.54, 1.807) is 0 Å². The van der Waals surface area contributed by atoms with Crippen molar-refractivity contribution in [2.45, 2.75) is 24.2 Å². The van der Waals surface area contributed by atoms with Crippen molar-refractivity contribution in [3.05, 3.63) is 257 Å².